The van der Waals surface area contributed by atoms with E-state index in [0.29, 0.717) is 0 Å². The van der Waals surface area contributed by atoms with Gasteiger partial charge in [-0.1, -0.05) is 12.5 Å². The van der Waals surface area contributed by atoms with Crippen molar-refractivity contribution >= 4 is 5.69 Å². The van der Waals surface area contributed by atoms with E-state index >= 15 is 0 Å². The predicted molar refractivity (Wildman–Crippen MR) is 94.8 cm³/mol. The van der Waals surface area contributed by atoms with Gasteiger partial charge in [0.1, 0.15) is 0 Å². The fourth-order valence-electron chi connectivity index (χ4n) is 3.99. The summed E-state index contributed by atoms with van der Waals surface area (Å²) in [5.74, 6) is 0. The van der Waals surface area contributed by atoms with Crippen molar-refractivity contribution in [2.24, 2.45) is 0 Å². The first-order valence-electron chi connectivity index (χ1n) is 8.87. The monoisotopic (exact) mass is 301 g/mol. The van der Waals surface area contributed by atoms with Gasteiger partial charge in [-0.05, 0) is 63.5 Å². The maximum absolute atomic E-state index is 2.67. The highest BCUT2D eigenvalue weighted by Crippen LogP contribution is 2.21. The molecule has 3 nitrogen and oxygen atoms in total. The van der Waals surface area contributed by atoms with Crippen LogP contribution in [-0.4, -0.2) is 62.2 Å². The smallest absolute Gasteiger partial charge is 0.0372 e. The van der Waals surface area contributed by atoms with E-state index in [0.717, 1.165) is 6.04 Å². The van der Waals surface area contributed by atoms with Gasteiger partial charge < -0.3 is 9.80 Å². The van der Waals surface area contributed by atoms with Crippen LogP contribution in [0.2, 0.25) is 0 Å². The molecule has 0 saturated carbocycles. The third-order valence-electron chi connectivity index (χ3n) is 5.33. The lowest BCUT2D eigenvalue weighted by Crippen LogP contribution is -2.51. The fraction of sp³-hybridized carbons (Fsp3) is 0.684. The van der Waals surface area contributed by atoms with Crippen LogP contribution in [0.5, 0.6) is 0 Å². The van der Waals surface area contributed by atoms with E-state index in [4.69, 9.17) is 0 Å². The van der Waals surface area contributed by atoms with Crippen LogP contribution < -0.4 is 4.90 Å². The molecule has 0 radical (unpaired) electrons. The van der Waals surface area contributed by atoms with E-state index in [9.17, 15) is 0 Å². The molecular weight excluding hydrogens is 270 g/mol. The molecule has 22 heavy (non-hydrogen) atoms. The van der Waals surface area contributed by atoms with Gasteiger partial charge in [-0.25, -0.2) is 0 Å². The van der Waals surface area contributed by atoms with Gasteiger partial charge >= 0.3 is 0 Å². The molecule has 122 valence electrons. The van der Waals surface area contributed by atoms with Gasteiger partial charge in [0, 0.05) is 44.5 Å². The van der Waals surface area contributed by atoms with Crippen molar-refractivity contribution in [3.05, 3.63) is 29.3 Å². The number of hydrogen-bond donors (Lipinski definition) is 0. The molecule has 1 aromatic carbocycles. The van der Waals surface area contributed by atoms with E-state index in [1.807, 2.05) is 0 Å². The number of hydrogen-bond acceptors (Lipinski definition) is 3. The molecule has 2 aliphatic rings. The molecule has 0 spiro atoms. The van der Waals surface area contributed by atoms with Crippen molar-refractivity contribution in [2.75, 3.05) is 51.2 Å². The summed E-state index contributed by atoms with van der Waals surface area (Å²) in [6.45, 7) is 11.7. The highest BCUT2D eigenvalue weighted by molar-refractivity contribution is 5.51. The standard InChI is InChI=1S/C19H31N3/c1-16-12-17(2)14-19(13-16)22-10-8-21(9-11-22)15-18-6-4-5-7-20(18)3/h12-14,18H,4-11,15H2,1-3H3/t18-/m1/s1. The Morgan fingerprint density at radius 3 is 2.23 bits per heavy atom. The normalized spacial score (nSPS) is 24.7. The fourth-order valence-corrected chi connectivity index (χ4v) is 3.99. The molecular formula is C19H31N3. The Balaban J connectivity index is 1.53. The van der Waals surface area contributed by atoms with Crippen LogP contribution >= 0.6 is 0 Å². The third kappa shape index (κ3) is 3.82. The third-order valence-corrected chi connectivity index (χ3v) is 5.33. The molecule has 2 fully saturated rings. The average molecular weight is 301 g/mol. The molecule has 3 rings (SSSR count). The Hall–Kier alpha value is -1.06. The molecule has 0 N–H and O–H groups in total. The molecule has 0 aromatic heterocycles. The Labute approximate surface area is 135 Å². The Morgan fingerprint density at radius 1 is 0.909 bits per heavy atom. The summed E-state index contributed by atoms with van der Waals surface area (Å²) in [7, 11) is 2.30. The van der Waals surface area contributed by atoms with Crippen LogP contribution in [0.4, 0.5) is 5.69 Å². The minimum absolute atomic E-state index is 0.779. The van der Waals surface area contributed by atoms with Crippen LogP contribution in [0.25, 0.3) is 0 Å². The molecule has 0 aliphatic carbocycles. The maximum Gasteiger partial charge on any atom is 0.0372 e. The first kappa shape index (κ1) is 15.8. The van der Waals surface area contributed by atoms with Crippen molar-refractivity contribution < 1.29 is 0 Å². The minimum Gasteiger partial charge on any atom is -0.369 e. The summed E-state index contributed by atoms with van der Waals surface area (Å²) in [6, 6.07) is 7.70. The van der Waals surface area contributed by atoms with E-state index in [2.05, 4.69) is 53.8 Å². The zero-order valence-corrected chi connectivity index (χ0v) is 14.5. The molecule has 0 unspecified atom stereocenters. The lowest BCUT2D eigenvalue weighted by atomic mass is 10.0. The van der Waals surface area contributed by atoms with Gasteiger partial charge in [0.2, 0.25) is 0 Å². The molecule has 3 heteroatoms. The predicted octanol–water partition coefficient (Wildman–Crippen LogP) is 2.91. The Kier molecular flexibility index (Phi) is 5.04. The van der Waals surface area contributed by atoms with Crippen LogP contribution in [0.3, 0.4) is 0 Å². The molecule has 2 aliphatic heterocycles. The number of likely N-dealkylation sites (tertiary alicyclic amines) is 1. The molecule has 0 bridgehead atoms. The summed E-state index contributed by atoms with van der Waals surface area (Å²) < 4.78 is 0. The van der Waals surface area contributed by atoms with Gasteiger partial charge in [-0.3, -0.25) is 4.90 Å². The second-order valence-corrected chi connectivity index (χ2v) is 7.26. The van der Waals surface area contributed by atoms with E-state index < -0.39 is 0 Å². The van der Waals surface area contributed by atoms with Gasteiger partial charge in [-0.2, -0.15) is 0 Å². The summed E-state index contributed by atoms with van der Waals surface area (Å²) >= 11 is 0. The summed E-state index contributed by atoms with van der Waals surface area (Å²) in [5, 5.41) is 0. The molecule has 1 atom stereocenters. The number of piperazine rings is 1. The quantitative estimate of drug-likeness (QED) is 0.850. The van der Waals surface area contributed by atoms with Crippen molar-refractivity contribution in [1.29, 1.82) is 0 Å². The lowest BCUT2D eigenvalue weighted by Gasteiger charge is -2.41. The number of aryl methyl sites for hydroxylation is 2. The number of rotatable bonds is 3. The number of benzene rings is 1. The zero-order chi connectivity index (χ0) is 15.5. The Morgan fingerprint density at radius 2 is 1.59 bits per heavy atom. The van der Waals surface area contributed by atoms with Gasteiger partial charge in [0.15, 0.2) is 0 Å². The molecule has 0 amide bonds. The number of nitrogens with zero attached hydrogens (tertiary/aromatic N) is 3. The van der Waals surface area contributed by atoms with Crippen LogP contribution in [0, 0.1) is 13.8 Å². The largest absolute Gasteiger partial charge is 0.369 e. The SMILES string of the molecule is Cc1cc(C)cc(N2CCN(C[C@H]3CCCCN3C)CC2)c1. The summed E-state index contributed by atoms with van der Waals surface area (Å²) in [6.07, 6.45) is 4.18. The maximum atomic E-state index is 2.67. The topological polar surface area (TPSA) is 9.72 Å². The van der Waals surface area contributed by atoms with E-state index in [-0.39, 0.29) is 0 Å². The first-order valence-corrected chi connectivity index (χ1v) is 8.87. The van der Waals surface area contributed by atoms with Crippen LogP contribution in [0.1, 0.15) is 30.4 Å². The van der Waals surface area contributed by atoms with Gasteiger partial charge in [-0.15, -0.1) is 0 Å². The summed E-state index contributed by atoms with van der Waals surface area (Å²) in [5.41, 5.74) is 4.16. The lowest BCUT2D eigenvalue weighted by molar-refractivity contribution is 0.125. The Bertz CT molecular complexity index is 471. The second-order valence-electron chi connectivity index (χ2n) is 7.26. The molecule has 2 saturated heterocycles. The highest BCUT2D eigenvalue weighted by atomic mass is 15.3. The molecule has 1 aromatic rings. The van der Waals surface area contributed by atoms with E-state index in [1.54, 1.807) is 0 Å². The average Bonchev–Trinajstić information content (AvgIpc) is 2.49. The highest BCUT2D eigenvalue weighted by Gasteiger charge is 2.24. The van der Waals surface area contributed by atoms with Crippen molar-refractivity contribution in [2.45, 2.75) is 39.2 Å². The number of anilines is 1. The minimum atomic E-state index is 0.779. The second kappa shape index (κ2) is 7.01. The van der Waals surface area contributed by atoms with Crippen molar-refractivity contribution in [3.63, 3.8) is 0 Å². The molecule has 2 heterocycles. The van der Waals surface area contributed by atoms with Crippen molar-refractivity contribution in [3.8, 4) is 0 Å². The van der Waals surface area contributed by atoms with E-state index in [1.165, 1.54) is 75.3 Å². The van der Waals surface area contributed by atoms with Crippen LogP contribution in [0.15, 0.2) is 18.2 Å². The number of piperidine rings is 1. The number of likely N-dealkylation sites (N-methyl/N-ethyl adjacent to an activating group) is 1. The van der Waals surface area contributed by atoms with Crippen LogP contribution in [-0.2, 0) is 0 Å². The zero-order valence-electron chi connectivity index (χ0n) is 14.5. The van der Waals surface area contributed by atoms with Gasteiger partial charge in [0.05, 0.1) is 0 Å². The van der Waals surface area contributed by atoms with Gasteiger partial charge in [0.25, 0.3) is 0 Å². The first-order chi connectivity index (χ1) is 10.6. The van der Waals surface area contributed by atoms with Crippen molar-refractivity contribution in [1.82, 2.24) is 9.80 Å². The summed E-state index contributed by atoms with van der Waals surface area (Å²) in [4.78, 5) is 7.80.